The molecule has 0 amide bonds. The third-order valence-corrected chi connectivity index (χ3v) is 2.48. The lowest BCUT2D eigenvalue weighted by Gasteiger charge is -2.05. The molecule has 0 saturated heterocycles. The number of rotatable bonds is 4. The summed E-state index contributed by atoms with van der Waals surface area (Å²) in [6.45, 7) is 1.54. The Bertz CT molecular complexity index is 633. The Labute approximate surface area is 107 Å². The Morgan fingerprint density at radius 2 is 2.00 bits per heavy atom. The van der Waals surface area contributed by atoms with Crippen LogP contribution >= 0.6 is 0 Å². The second-order valence-corrected chi connectivity index (χ2v) is 3.79. The van der Waals surface area contributed by atoms with Crippen LogP contribution in [0.5, 0.6) is 0 Å². The third kappa shape index (κ3) is 2.51. The molecule has 0 saturated carbocycles. The van der Waals surface area contributed by atoms with Crippen LogP contribution in [0.1, 0.15) is 16.1 Å². The molecule has 2 aromatic rings. The molecule has 0 aliphatic carbocycles. The lowest BCUT2D eigenvalue weighted by molar-refractivity contribution is -0.384. The Morgan fingerprint density at radius 3 is 2.53 bits per heavy atom. The number of carboxylic acid groups (broad SMARTS) is 1. The van der Waals surface area contributed by atoms with Gasteiger partial charge in [-0.15, -0.1) is 5.10 Å². The topological polar surface area (TPSA) is 124 Å². The van der Waals surface area contributed by atoms with Gasteiger partial charge in [-0.05, 0) is 24.6 Å². The standard InChI is InChI=1S/C11H10N4O4/c1-6-9(15(18)19)10(14-13-6)12-8-4-2-7(3-5-8)11(16)17/h2-5H,1H3,(H,16,17)(H2,12,13,14)/p-1. The van der Waals surface area contributed by atoms with Crippen molar-refractivity contribution in [2.24, 2.45) is 0 Å². The van der Waals surface area contributed by atoms with Crippen molar-refractivity contribution in [2.45, 2.75) is 6.92 Å². The summed E-state index contributed by atoms with van der Waals surface area (Å²) in [5.41, 5.74) is 0.695. The average Bonchev–Trinajstić information content (AvgIpc) is 2.71. The number of nitrogens with one attached hydrogen (secondary N) is 2. The van der Waals surface area contributed by atoms with Gasteiger partial charge < -0.3 is 15.2 Å². The molecule has 0 aliphatic heterocycles. The highest BCUT2D eigenvalue weighted by Gasteiger charge is 2.21. The van der Waals surface area contributed by atoms with Gasteiger partial charge in [-0.25, -0.2) is 0 Å². The molecular formula is C11H9N4O4-. The molecule has 0 aliphatic rings. The SMILES string of the molecule is Cc1[nH]nc(Nc2ccc(C(=O)[O-])cc2)c1[N+](=O)[O-]. The summed E-state index contributed by atoms with van der Waals surface area (Å²) in [5, 5.41) is 30.5. The predicted octanol–water partition coefficient (Wildman–Crippen LogP) is 0.733. The van der Waals surface area contributed by atoms with E-state index in [-0.39, 0.29) is 17.1 Å². The summed E-state index contributed by atoms with van der Waals surface area (Å²) in [4.78, 5) is 20.9. The van der Waals surface area contributed by atoms with Crippen molar-refractivity contribution in [3.8, 4) is 0 Å². The number of hydrogen-bond donors (Lipinski definition) is 2. The lowest BCUT2D eigenvalue weighted by atomic mass is 10.2. The molecule has 1 heterocycles. The molecule has 8 nitrogen and oxygen atoms in total. The fourth-order valence-corrected chi connectivity index (χ4v) is 1.56. The van der Waals surface area contributed by atoms with Crippen molar-refractivity contribution in [1.29, 1.82) is 0 Å². The van der Waals surface area contributed by atoms with E-state index >= 15 is 0 Å². The summed E-state index contributed by atoms with van der Waals surface area (Å²) in [7, 11) is 0. The number of carboxylic acids is 1. The van der Waals surface area contributed by atoms with Gasteiger partial charge in [0, 0.05) is 5.69 Å². The van der Waals surface area contributed by atoms with Gasteiger partial charge in [-0.3, -0.25) is 15.2 Å². The van der Waals surface area contributed by atoms with Gasteiger partial charge in [0.15, 0.2) is 0 Å². The number of aromatic amines is 1. The van der Waals surface area contributed by atoms with E-state index in [0.717, 1.165) is 0 Å². The number of aromatic nitrogens is 2. The van der Waals surface area contributed by atoms with Gasteiger partial charge >= 0.3 is 5.69 Å². The number of hydrogen-bond acceptors (Lipinski definition) is 6. The first-order valence-corrected chi connectivity index (χ1v) is 5.27. The van der Waals surface area contributed by atoms with Crippen LogP contribution in [0.2, 0.25) is 0 Å². The first kappa shape index (κ1) is 12.6. The molecule has 1 aromatic carbocycles. The van der Waals surface area contributed by atoms with Gasteiger partial charge in [0.2, 0.25) is 5.82 Å². The summed E-state index contributed by atoms with van der Waals surface area (Å²) in [5.74, 6) is -1.21. The molecule has 0 atom stereocenters. The summed E-state index contributed by atoms with van der Waals surface area (Å²) >= 11 is 0. The van der Waals surface area contributed by atoms with Gasteiger partial charge in [0.1, 0.15) is 5.69 Å². The molecule has 0 fully saturated rings. The summed E-state index contributed by atoms with van der Waals surface area (Å²) in [6, 6.07) is 5.61. The fraction of sp³-hybridized carbons (Fsp3) is 0.0909. The van der Waals surface area contributed by atoms with Crippen molar-refractivity contribution in [2.75, 3.05) is 5.32 Å². The van der Waals surface area contributed by atoms with Crippen LogP contribution in [0.15, 0.2) is 24.3 Å². The van der Waals surface area contributed by atoms with Crippen molar-refractivity contribution >= 4 is 23.2 Å². The first-order valence-electron chi connectivity index (χ1n) is 5.27. The van der Waals surface area contributed by atoms with Crippen molar-refractivity contribution in [3.63, 3.8) is 0 Å². The molecule has 8 heteroatoms. The van der Waals surface area contributed by atoms with E-state index < -0.39 is 10.9 Å². The van der Waals surface area contributed by atoms with E-state index in [9.17, 15) is 20.0 Å². The molecule has 0 radical (unpaired) electrons. The number of aryl methyl sites for hydroxylation is 1. The van der Waals surface area contributed by atoms with Crippen LogP contribution in [-0.4, -0.2) is 21.1 Å². The van der Waals surface area contributed by atoms with Gasteiger partial charge in [-0.1, -0.05) is 12.1 Å². The van der Waals surface area contributed by atoms with E-state index in [1.54, 1.807) is 0 Å². The number of anilines is 2. The highest BCUT2D eigenvalue weighted by atomic mass is 16.6. The molecule has 0 spiro atoms. The molecule has 19 heavy (non-hydrogen) atoms. The van der Waals surface area contributed by atoms with Crippen LogP contribution < -0.4 is 10.4 Å². The highest BCUT2D eigenvalue weighted by Crippen LogP contribution is 2.27. The van der Waals surface area contributed by atoms with Gasteiger partial charge in [0.25, 0.3) is 0 Å². The Hall–Kier alpha value is -2.90. The summed E-state index contributed by atoms with van der Waals surface area (Å²) < 4.78 is 0. The normalized spacial score (nSPS) is 10.2. The van der Waals surface area contributed by atoms with Crippen LogP contribution in [0, 0.1) is 17.0 Å². The number of carbonyl (C=O) groups is 1. The van der Waals surface area contributed by atoms with Crippen LogP contribution in [0.25, 0.3) is 0 Å². The van der Waals surface area contributed by atoms with E-state index in [2.05, 4.69) is 15.5 Å². The third-order valence-electron chi connectivity index (χ3n) is 2.48. The Kier molecular flexibility index (Phi) is 3.15. The molecule has 2 N–H and O–H groups in total. The van der Waals surface area contributed by atoms with E-state index in [0.29, 0.717) is 11.4 Å². The molecule has 1 aromatic heterocycles. The zero-order valence-corrected chi connectivity index (χ0v) is 9.84. The zero-order valence-electron chi connectivity index (χ0n) is 9.84. The smallest absolute Gasteiger partial charge is 0.333 e. The van der Waals surface area contributed by atoms with Crippen molar-refractivity contribution in [3.05, 3.63) is 45.6 Å². The number of nitro groups is 1. The van der Waals surface area contributed by atoms with Crippen LogP contribution in [0.3, 0.4) is 0 Å². The average molecular weight is 261 g/mol. The maximum Gasteiger partial charge on any atom is 0.333 e. The number of nitrogens with zero attached hydrogens (tertiary/aromatic N) is 2. The lowest BCUT2D eigenvalue weighted by Crippen LogP contribution is -2.21. The minimum absolute atomic E-state index is 0.0262. The number of carbonyl (C=O) groups excluding carboxylic acids is 1. The van der Waals surface area contributed by atoms with E-state index in [1.807, 2.05) is 0 Å². The maximum atomic E-state index is 10.9. The largest absolute Gasteiger partial charge is 0.545 e. The number of aromatic carboxylic acids is 1. The van der Waals surface area contributed by atoms with Crippen LogP contribution in [-0.2, 0) is 0 Å². The predicted molar refractivity (Wildman–Crippen MR) is 64.0 cm³/mol. The molecule has 0 unspecified atom stereocenters. The van der Waals surface area contributed by atoms with Gasteiger partial charge in [0.05, 0.1) is 10.9 Å². The van der Waals surface area contributed by atoms with Crippen LogP contribution in [0.4, 0.5) is 17.2 Å². The molecule has 98 valence electrons. The highest BCUT2D eigenvalue weighted by molar-refractivity contribution is 5.86. The second kappa shape index (κ2) is 4.77. The monoisotopic (exact) mass is 261 g/mol. The number of H-pyrrole nitrogens is 1. The first-order chi connectivity index (χ1) is 8.99. The number of benzene rings is 1. The Balaban J connectivity index is 2.26. The zero-order chi connectivity index (χ0) is 14.0. The molecular weight excluding hydrogens is 252 g/mol. The van der Waals surface area contributed by atoms with Crippen molar-refractivity contribution < 1.29 is 14.8 Å². The minimum atomic E-state index is -1.28. The van der Waals surface area contributed by atoms with E-state index in [1.165, 1.54) is 31.2 Å². The Morgan fingerprint density at radius 1 is 1.37 bits per heavy atom. The molecule has 2 rings (SSSR count). The molecule has 0 bridgehead atoms. The minimum Gasteiger partial charge on any atom is -0.545 e. The van der Waals surface area contributed by atoms with Gasteiger partial charge in [-0.2, -0.15) is 0 Å². The second-order valence-electron chi connectivity index (χ2n) is 3.79. The maximum absolute atomic E-state index is 10.9. The van der Waals surface area contributed by atoms with E-state index in [4.69, 9.17) is 0 Å². The quantitative estimate of drug-likeness (QED) is 0.617. The summed E-state index contributed by atoms with van der Waals surface area (Å²) in [6.07, 6.45) is 0. The fourth-order valence-electron chi connectivity index (χ4n) is 1.56. The van der Waals surface area contributed by atoms with Crippen molar-refractivity contribution in [1.82, 2.24) is 10.2 Å².